The van der Waals surface area contributed by atoms with Crippen LogP contribution >= 0.6 is 11.3 Å². The molecule has 2 aliphatic carbocycles. The van der Waals surface area contributed by atoms with Crippen molar-refractivity contribution < 1.29 is 0 Å². The Kier molecular flexibility index (Phi) is 4.05. The van der Waals surface area contributed by atoms with Gasteiger partial charge in [-0.1, -0.05) is 19.8 Å². The van der Waals surface area contributed by atoms with Gasteiger partial charge in [0.15, 0.2) is 0 Å². The van der Waals surface area contributed by atoms with Crippen LogP contribution < -0.4 is 5.32 Å². The third-order valence-corrected chi connectivity index (χ3v) is 5.66. The van der Waals surface area contributed by atoms with Gasteiger partial charge in [-0.3, -0.25) is 0 Å². The molecule has 1 aromatic heterocycles. The molecule has 1 unspecified atom stereocenters. The fourth-order valence-electron chi connectivity index (χ4n) is 3.00. The van der Waals surface area contributed by atoms with Crippen LogP contribution in [-0.4, -0.2) is 6.54 Å². The van der Waals surface area contributed by atoms with Gasteiger partial charge in [-0.15, -0.1) is 11.3 Å². The first-order valence-corrected chi connectivity index (χ1v) is 8.53. The molecule has 100 valence electrons. The molecule has 1 atom stereocenters. The SMILES string of the molecule is CCCNC(CCC1CC1)c1cc2c(s1)CCC2. The monoisotopic (exact) mass is 263 g/mol. The van der Waals surface area contributed by atoms with Crippen LogP contribution in [0.4, 0.5) is 0 Å². The van der Waals surface area contributed by atoms with Gasteiger partial charge in [-0.05, 0) is 62.6 Å². The minimum atomic E-state index is 0.640. The number of rotatable bonds is 7. The zero-order valence-corrected chi connectivity index (χ0v) is 12.3. The van der Waals surface area contributed by atoms with Crippen molar-refractivity contribution in [1.82, 2.24) is 5.32 Å². The average Bonchev–Trinajstić information content (AvgIpc) is 2.94. The molecule has 0 amide bonds. The summed E-state index contributed by atoms with van der Waals surface area (Å²) in [5.41, 5.74) is 1.66. The fraction of sp³-hybridized carbons (Fsp3) is 0.750. The van der Waals surface area contributed by atoms with Crippen molar-refractivity contribution in [2.24, 2.45) is 5.92 Å². The second-order valence-corrected chi connectivity index (χ2v) is 7.15. The van der Waals surface area contributed by atoms with Crippen LogP contribution in [0.5, 0.6) is 0 Å². The Balaban J connectivity index is 1.64. The highest BCUT2D eigenvalue weighted by atomic mass is 32.1. The number of hydrogen-bond donors (Lipinski definition) is 1. The molecule has 1 fully saturated rings. The number of fused-ring (bicyclic) bond motifs is 1. The summed E-state index contributed by atoms with van der Waals surface area (Å²) in [5, 5.41) is 3.77. The minimum absolute atomic E-state index is 0.640. The van der Waals surface area contributed by atoms with E-state index in [1.165, 1.54) is 51.4 Å². The summed E-state index contributed by atoms with van der Waals surface area (Å²) in [5.74, 6) is 1.06. The van der Waals surface area contributed by atoms with Crippen LogP contribution in [0.15, 0.2) is 6.07 Å². The zero-order valence-electron chi connectivity index (χ0n) is 11.5. The molecule has 0 spiro atoms. The number of aryl methyl sites for hydroxylation is 2. The molecule has 0 radical (unpaired) electrons. The Hall–Kier alpha value is -0.340. The van der Waals surface area contributed by atoms with E-state index in [0.29, 0.717) is 6.04 Å². The summed E-state index contributed by atoms with van der Waals surface area (Å²) in [4.78, 5) is 3.30. The molecule has 1 aromatic rings. The predicted molar refractivity (Wildman–Crippen MR) is 79.3 cm³/mol. The quantitative estimate of drug-likeness (QED) is 0.765. The Bertz CT molecular complexity index is 370. The van der Waals surface area contributed by atoms with Crippen LogP contribution in [0.2, 0.25) is 0 Å². The van der Waals surface area contributed by atoms with Gasteiger partial charge in [0.05, 0.1) is 0 Å². The lowest BCUT2D eigenvalue weighted by atomic mass is 10.1. The third-order valence-electron chi connectivity index (χ3n) is 4.31. The van der Waals surface area contributed by atoms with E-state index in [2.05, 4.69) is 29.6 Å². The summed E-state index contributed by atoms with van der Waals surface area (Å²) >= 11 is 2.09. The molecule has 2 heteroatoms. The summed E-state index contributed by atoms with van der Waals surface area (Å²) in [6.07, 6.45) is 11.1. The number of nitrogens with one attached hydrogen (secondary N) is 1. The average molecular weight is 263 g/mol. The van der Waals surface area contributed by atoms with E-state index in [-0.39, 0.29) is 0 Å². The fourth-order valence-corrected chi connectivity index (χ4v) is 4.36. The van der Waals surface area contributed by atoms with E-state index in [0.717, 1.165) is 12.5 Å². The Labute approximate surface area is 115 Å². The van der Waals surface area contributed by atoms with Crippen molar-refractivity contribution in [3.05, 3.63) is 21.4 Å². The first-order valence-electron chi connectivity index (χ1n) is 7.71. The molecule has 1 nitrogen and oxygen atoms in total. The van der Waals surface area contributed by atoms with E-state index in [4.69, 9.17) is 0 Å². The second kappa shape index (κ2) is 5.75. The van der Waals surface area contributed by atoms with Crippen LogP contribution in [-0.2, 0) is 12.8 Å². The number of thiophene rings is 1. The molecule has 0 saturated heterocycles. The van der Waals surface area contributed by atoms with Gasteiger partial charge in [0.2, 0.25) is 0 Å². The Morgan fingerprint density at radius 1 is 1.39 bits per heavy atom. The molecular formula is C16H25NS. The van der Waals surface area contributed by atoms with E-state index in [1.54, 1.807) is 15.3 Å². The molecule has 18 heavy (non-hydrogen) atoms. The van der Waals surface area contributed by atoms with Gasteiger partial charge in [-0.25, -0.2) is 0 Å². The van der Waals surface area contributed by atoms with E-state index >= 15 is 0 Å². The third kappa shape index (κ3) is 2.97. The molecule has 1 heterocycles. The molecular weight excluding hydrogens is 238 g/mol. The van der Waals surface area contributed by atoms with E-state index in [1.807, 2.05) is 0 Å². The van der Waals surface area contributed by atoms with E-state index in [9.17, 15) is 0 Å². The zero-order chi connectivity index (χ0) is 12.4. The first kappa shape index (κ1) is 12.7. The van der Waals surface area contributed by atoms with Crippen molar-refractivity contribution in [1.29, 1.82) is 0 Å². The van der Waals surface area contributed by atoms with Gasteiger partial charge < -0.3 is 5.32 Å². The Morgan fingerprint density at radius 3 is 3.00 bits per heavy atom. The Morgan fingerprint density at radius 2 is 2.28 bits per heavy atom. The highest BCUT2D eigenvalue weighted by Gasteiger charge is 2.24. The topological polar surface area (TPSA) is 12.0 Å². The summed E-state index contributed by atoms with van der Waals surface area (Å²) in [6.45, 7) is 3.43. The van der Waals surface area contributed by atoms with Crippen LogP contribution in [0.25, 0.3) is 0 Å². The standard InChI is InChI=1S/C16H25NS/c1-2-10-17-14(9-8-12-6-7-12)16-11-13-4-3-5-15(13)18-16/h11-12,14,17H,2-10H2,1H3. The molecule has 0 aliphatic heterocycles. The van der Waals surface area contributed by atoms with Gasteiger partial charge in [0, 0.05) is 15.8 Å². The maximum Gasteiger partial charge on any atom is 0.0415 e. The summed E-state index contributed by atoms with van der Waals surface area (Å²) in [7, 11) is 0. The minimum Gasteiger partial charge on any atom is -0.309 e. The van der Waals surface area contributed by atoms with Crippen molar-refractivity contribution in [3.8, 4) is 0 Å². The van der Waals surface area contributed by atoms with Crippen molar-refractivity contribution in [2.45, 2.75) is 64.3 Å². The molecule has 3 rings (SSSR count). The highest BCUT2D eigenvalue weighted by Crippen LogP contribution is 2.39. The molecule has 2 aliphatic rings. The summed E-state index contributed by atoms with van der Waals surface area (Å²) in [6, 6.07) is 3.15. The van der Waals surface area contributed by atoms with E-state index < -0.39 is 0 Å². The number of hydrogen-bond acceptors (Lipinski definition) is 2. The van der Waals surface area contributed by atoms with Crippen molar-refractivity contribution in [3.63, 3.8) is 0 Å². The van der Waals surface area contributed by atoms with Crippen LogP contribution in [0, 0.1) is 5.92 Å². The van der Waals surface area contributed by atoms with Gasteiger partial charge in [-0.2, -0.15) is 0 Å². The largest absolute Gasteiger partial charge is 0.309 e. The molecule has 0 aromatic carbocycles. The summed E-state index contributed by atoms with van der Waals surface area (Å²) < 4.78 is 0. The first-order chi connectivity index (χ1) is 8.86. The lowest BCUT2D eigenvalue weighted by Crippen LogP contribution is -2.21. The molecule has 1 saturated carbocycles. The highest BCUT2D eigenvalue weighted by molar-refractivity contribution is 7.12. The lowest BCUT2D eigenvalue weighted by Gasteiger charge is -2.17. The van der Waals surface area contributed by atoms with Crippen LogP contribution in [0.3, 0.4) is 0 Å². The molecule has 0 bridgehead atoms. The van der Waals surface area contributed by atoms with Gasteiger partial charge in [0.25, 0.3) is 0 Å². The normalized spacial score (nSPS) is 20.1. The molecule has 1 N–H and O–H groups in total. The van der Waals surface area contributed by atoms with Crippen molar-refractivity contribution in [2.75, 3.05) is 6.54 Å². The smallest absolute Gasteiger partial charge is 0.0415 e. The lowest BCUT2D eigenvalue weighted by molar-refractivity contribution is 0.475. The van der Waals surface area contributed by atoms with Crippen LogP contribution in [0.1, 0.15) is 66.8 Å². The second-order valence-electron chi connectivity index (χ2n) is 5.98. The van der Waals surface area contributed by atoms with Gasteiger partial charge in [0.1, 0.15) is 0 Å². The van der Waals surface area contributed by atoms with Crippen molar-refractivity contribution >= 4 is 11.3 Å². The maximum atomic E-state index is 3.77. The predicted octanol–water partition coefficient (Wildman–Crippen LogP) is 4.47. The van der Waals surface area contributed by atoms with Gasteiger partial charge >= 0.3 is 0 Å². The maximum absolute atomic E-state index is 3.77.